The van der Waals surface area contributed by atoms with Gasteiger partial charge in [0.25, 0.3) is 10.0 Å². The number of hydrogen-bond donors (Lipinski definition) is 1. The zero-order valence-electron chi connectivity index (χ0n) is 13.6. The molecule has 2 rings (SSSR count). The molecule has 0 aromatic heterocycles. The summed E-state index contributed by atoms with van der Waals surface area (Å²) in [5, 5.41) is 11.5. The van der Waals surface area contributed by atoms with Crippen LogP contribution in [-0.4, -0.2) is 21.1 Å². The molecule has 0 fully saturated rings. The lowest BCUT2D eigenvalue weighted by atomic mass is 10.2. The summed E-state index contributed by atoms with van der Waals surface area (Å²) in [7, 11) is -3.83. The minimum absolute atomic E-state index is 0.00459. The maximum atomic E-state index is 12.4. The van der Waals surface area contributed by atoms with Gasteiger partial charge in [-0.3, -0.25) is 4.72 Å². The number of anilines is 2. The first kappa shape index (κ1) is 19.1. The van der Waals surface area contributed by atoms with E-state index in [1.54, 1.807) is 24.3 Å². The number of para-hydroxylation sites is 1. The lowest BCUT2D eigenvalue weighted by Gasteiger charge is -2.25. The molecule has 0 atom stereocenters. The third-order valence-electron chi connectivity index (χ3n) is 3.53. The first-order valence-electron chi connectivity index (χ1n) is 7.71. The van der Waals surface area contributed by atoms with Gasteiger partial charge in [0.05, 0.1) is 15.6 Å². The number of halogens is 1. The van der Waals surface area contributed by atoms with E-state index >= 15 is 0 Å². The summed E-state index contributed by atoms with van der Waals surface area (Å²) < 4.78 is 27.3. The van der Waals surface area contributed by atoms with E-state index in [2.05, 4.69) is 4.72 Å². The molecule has 0 heterocycles. The summed E-state index contributed by atoms with van der Waals surface area (Å²) >= 11 is 5.96. The van der Waals surface area contributed by atoms with Gasteiger partial charge in [0.2, 0.25) is 0 Å². The quantitative estimate of drug-likeness (QED) is 0.797. The van der Waals surface area contributed by atoms with Crippen molar-refractivity contribution in [2.24, 2.45) is 0 Å². The van der Waals surface area contributed by atoms with Crippen LogP contribution < -0.4 is 14.7 Å². The van der Waals surface area contributed by atoms with E-state index in [0.717, 1.165) is 11.3 Å². The Labute approximate surface area is 152 Å². The van der Waals surface area contributed by atoms with Crippen LogP contribution in [0, 0.1) is 0 Å². The predicted octanol–water partition coefficient (Wildman–Crippen LogP) is 3.09. The molecule has 0 radical (unpaired) electrons. The van der Waals surface area contributed by atoms with Crippen molar-refractivity contribution < 1.29 is 18.3 Å². The van der Waals surface area contributed by atoms with Crippen LogP contribution >= 0.6 is 11.6 Å². The SMILES string of the molecule is CCCCN(C(=O)[O-])c1ccc(S(=O)(=O)Nc2ccccc2Cl)cc1. The third-order valence-corrected chi connectivity index (χ3v) is 5.24. The van der Waals surface area contributed by atoms with Gasteiger partial charge in [-0.1, -0.05) is 37.1 Å². The molecule has 0 saturated carbocycles. The smallest absolute Gasteiger partial charge is 0.261 e. The Morgan fingerprint density at radius 2 is 1.80 bits per heavy atom. The second kappa shape index (κ2) is 8.22. The molecule has 1 amide bonds. The lowest BCUT2D eigenvalue weighted by Crippen LogP contribution is -2.41. The van der Waals surface area contributed by atoms with E-state index in [1.165, 1.54) is 24.3 Å². The Kier molecular flexibility index (Phi) is 6.27. The van der Waals surface area contributed by atoms with Crippen molar-refractivity contribution in [1.82, 2.24) is 0 Å². The van der Waals surface area contributed by atoms with E-state index in [1.807, 2.05) is 6.92 Å². The average molecular weight is 382 g/mol. The molecule has 0 aliphatic carbocycles. The van der Waals surface area contributed by atoms with Crippen LogP contribution in [-0.2, 0) is 10.0 Å². The maximum absolute atomic E-state index is 12.4. The molecule has 0 saturated heterocycles. The number of carbonyl (C=O) groups is 1. The molecule has 0 aliphatic heterocycles. The van der Waals surface area contributed by atoms with Gasteiger partial charge in [-0.15, -0.1) is 0 Å². The summed E-state index contributed by atoms with van der Waals surface area (Å²) in [6.45, 7) is 2.24. The number of rotatable bonds is 7. The molecule has 0 aliphatic rings. The summed E-state index contributed by atoms with van der Waals surface area (Å²) in [5.41, 5.74) is 0.637. The fourth-order valence-corrected chi connectivity index (χ4v) is 3.51. The maximum Gasteiger partial charge on any atom is 0.261 e. The number of hydrogen-bond acceptors (Lipinski definition) is 4. The Morgan fingerprint density at radius 3 is 2.36 bits per heavy atom. The van der Waals surface area contributed by atoms with Gasteiger partial charge < -0.3 is 14.8 Å². The van der Waals surface area contributed by atoms with Crippen molar-refractivity contribution in [2.45, 2.75) is 24.7 Å². The van der Waals surface area contributed by atoms with E-state index in [4.69, 9.17) is 11.6 Å². The van der Waals surface area contributed by atoms with E-state index in [9.17, 15) is 18.3 Å². The van der Waals surface area contributed by atoms with Gasteiger partial charge in [-0.05, 0) is 42.8 Å². The minimum Gasteiger partial charge on any atom is -0.530 e. The highest BCUT2D eigenvalue weighted by Crippen LogP contribution is 2.25. The van der Waals surface area contributed by atoms with Gasteiger partial charge in [0.15, 0.2) is 0 Å². The molecule has 134 valence electrons. The van der Waals surface area contributed by atoms with Gasteiger partial charge in [0.1, 0.15) is 6.09 Å². The Morgan fingerprint density at radius 1 is 1.16 bits per heavy atom. The van der Waals surface area contributed by atoms with Gasteiger partial charge in [-0.25, -0.2) is 8.42 Å². The van der Waals surface area contributed by atoms with E-state index in [0.29, 0.717) is 18.7 Å². The minimum atomic E-state index is -3.83. The fraction of sp³-hybridized carbons (Fsp3) is 0.235. The topological polar surface area (TPSA) is 89.5 Å². The highest BCUT2D eigenvalue weighted by molar-refractivity contribution is 7.92. The number of sulfonamides is 1. The molecule has 25 heavy (non-hydrogen) atoms. The number of unbranched alkanes of at least 4 members (excludes halogenated alkanes) is 1. The summed E-state index contributed by atoms with van der Waals surface area (Å²) in [6, 6.07) is 12.1. The van der Waals surface area contributed by atoms with Crippen molar-refractivity contribution in [2.75, 3.05) is 16.2 Å². The first-order valence-corrected chi connectivity index (χ1v) is 9.57. The van der Waals surface area contributed by atoms with Crippen molar-refractivity contribution in [3.8, 4) is 0 Å². The van der Waals surface area contributed by atoms with Crippen molar-refractivity contribution in [3.05, 3.63) is 53.6 Å². The van der Waals surface area contributed by atoms with Crippen molar-refractivity contribution in [3.63, 3.8) is 0 Å². The molecular weight excluding hydrogens is 364 g/mol. The van der Waals surface area contributed by atoms with Gasteiger partial charge in [-0.2, -0.15) is 0 Å². The van der Waals surface area contributed by atoms with Crippen molar-refractivity contribution >= 4 is 39.1 Å². The van der Waals surface area contributed by atoms with Crippen LogP contribution in [0.15, 0.2) is 53.4 Å². The largest absolute Gasteiger partial charge is 0.530 e. The molecule has 0 unspecified atom stereocenters. The zero-order chi connectivity index (χ0) is 18.4. The second-order valence-corrected chi connectivity index (χ2v) is 7.44. The highest BCUT2D eigenvalue weighted by atomic mass is 35.5. The van der Waals surface area contributed by atoms with Crippen LogP contribution in [0.4, 0.5) is 16.2 Å². The fourth-order valence-electron chi connectivity index (χ4n) is 2.19. The predicted molar refractivity (Wildman–Crippen MR) is 96.4 cm³/mol. The molecule has 0 bridgehead atoms. The molecule has 6 nitrogen and oxygen atoms in total. The summed E-state index contributed by atoms with van der Waals surface area (Å²) in [5.74, 6) is 0. The van der Waals surface area contributed by atoms with Crippen LogP contribution in [0.2, 0.25) is 5.02 Å². The van der Waals surface area contributed by atoms with Crippen molar-refractivity contribution in [1.29, 1.82) is 0 Å². The number of amides is 1. The number of carboxylic acid groups (broad SMARTS) is 1. The number of nitrogens with one attached hydrogen (secondary N) is 1. The van der Waals surface area contributed by atoms with Gasteiger partial charge in [0, 0.05) is 12.2 Å². The monoisotopic (exact) mass is 381 g/mol. The molecule has 2 aromatic rings. The Balaban J connectivity index is 2.23. The van der Waals surface area contributed by atoms with Crippen LogP contribution in [0.1, 0.15) is 19.8 Å². The Bertz CT molecular complexity index is 838. The first-order chi connectivity index (χ1) is 11.8. The molecule has 8 heteroatoms. The summed E-state index contributed by atoms with van der Waals surface area (Å²) in [6.07, 6.45) is 0.193. The number of carbonyl (C=O) groups excluding carboxylic acids is 1. The van der Waals surface area contributed by atoms with Crippen LogP contribution in [0.3, 0.4) is 0 Å². The molecule has 0 spiro atoms. The molecule has 2 aromatic carbocycles. The Hall–Kier alpha value is -2.25. The number of nitrogens with zero attached hydrogens (tertiary/aromatic N) is 1. The summed E-state index contributed by atoms with van der Waals surface area (Å²) in [4.78, 5) is 12.3. The van der Waals surface area contributed by atoms with E-state index < -0.39 is 16.1 Å². The second-order valence-electron chi connectivity index (χ2n) is 5.35. The van der Waals surface area contributed by atoms with Gasteiger partial charge >= 0.3 is 0 Å². The number of benzene rings is 2. The normalized spacial score (nSPS) is 11.1. The highest BCUT2D eigenvalue weighted by Gasteiger charge is 2.16. The average Bonchev–Trinajstić information content (AvgIpc) is 2.57. The van der Waals surface area contributed by atoms with Crippen LogP contribution in [0.25, 0.3) is 0 Å². The molecular formula is C17H18ClN2O4S-. The van der Waals surface area contributed by atoms with E-state index in [-0.39, 0.29) is 15.6 Å². The van der Waals surface area contributed by atoms with Crippen LogP contribution in [0.5, 0.6) is 0 Å². The third kappa shape index (κ3) is 4.87. The molecule has 1 N–H and O–H groups in total. The standard InChI is InChI=1S/C17H19ClN2O4S/c1-2-3-12-20(17(21)22)13-8-10-14(11-9-13)25(23,24)19-16-7-5-4-6-15(16)18/h4-11,19H,2-3,12H2,1H3,(H,21,22)/p-1. The zero-order valence-corrected chi connectivity index (χ0v) is 15.2. The lowest BCUT2D eigenvalue weighted by molar-refractivity contribution is -0.246.